The van der Waals surface area contributed by atoms with Crippen LogP contribution >= 0.6 is 0 Å². The van der Waals surface area contributed by atoms with E-state index in [1.165, 1.54) is 0 Å². The van der Waals surface area contributed by atoms with Crippen LogP contribution in [0.3, 0.4) is 0 Å². The number of carbonyl (C=O) groups is 3. The first kappa shape index (κ1) is 22.9. The molecule has 3 N–H and O–H groups in total. The number of amides is 2. The molecular formula is C22H32N2O5. The third-order valence-corrected chi connectivity index (χ3v) is 5.43. The summed E-state index contributed by atoms with van der Waals surface area (Å²) in [7, 11) is 0. The molecule has 1 aliphatic carbocycles. The normalized spacial score (nSPS) is 15.7. The first-order valence-electron chi connectivity index (χ1n) is 10.5. The lowest BCUT2D eigenvalue weighted by atomic mass is 9.68. The van der Waals surface area contributed by atoms with Gasteiger partial charge in [0.15, 0.2) is 0 Å². The maximum absolute atomic E-state index is 12.9. The van der Waals surface area contributed by atoms with E-state index in [4.69, 9.17) is 9.84 Å². The zero-order chi connectivity index (χ0) is 21.3. The number of ether oxygens (including phenoxy) is 1. The number of aliphatic hydroxyl groups is 1. The summed E-state index contributed by atoms with van der Waals surface area (Å²) in [4.78, 5) is 38.1. The number of hydrogen-bond acceptors (Lipinski definition) is 5. The third-order valence-electron chi connectivity index (χ3n) is 5.43. The van der Waals surface area contributed by atoms with Crippen molar-refractivity contribution in [1.82, 2.24) is 5.32 Å². The number of carbonyl (C=O) groups excluding carboxylic acids is 3. The summed E-state index contributed by atoms with van der Waals surface area (Å²) in [5.74, 6) is -1.24. The van der Waals surface area contributed by atoms with Crippen LogP contribution < -0.4 is 10.6 Å². The van der Waals surface area contributed by atoms with E-state index in [-0.39, 0.29) is 19.1 Å². The average Bonchev–Trinajstić information content (AvgIpc) is 2.67. The summed E-state index contributed by atoms with van der Waals surface area (Å²) in [6.45, 7) is 3.93. The van der Waals surface area contributed by atoms with E-state index in [1.807, 2.05) is 0 Å². The molecule has 1 aromatic rings. The quantitative estimate of drug-likeness (QED) is 0.299. The van der Waals surface area contributed by atoms with E-state index >= 15 is 0 Å². The number of aliphatic hydroxyl groups excluding tert-OH is 1. The Labute approximate surface area is 172 Å². The van der Waals surface area contributed by atoms with Crippen molar-refractivity contribution < 1.29 is 24.2 Å². The Hall–Kier alpha value is -2.41. The van der Waals surface area contributed by atoms with Crippen LogP contribution in [0, 0.1) is 5.41 Å². The van der Waals surface area contributed by atoms with Crippen molar-refractivity contribution in [2.24, 2.45) is 5.41 Å². The highest BCUT2D eigenvalue weighted by Crippen LogP contribution is 2.42. The molecule has 0 bridgehead atoms. The molecule has 160 valence electrons. The van der Waals surface area contributed by atoms with Crippen molar-refractivity contribution in [2.75, 3.05) is 11.9 Å². The standard InChI is InChI=1S/C22H32N2O5/c1-3-5-6-8-18(19(26)23-17-11-9-16(15-25)10-12-17)24-20(27)22(13-7-14-22)21(28)29-4-2/h9-12,18,25H,3-8,13-15H2,1-2H3,(H,23,26)(H,24,27). The van der Waals surface area contributed by atoms with Crippen molar-refractivity contribution in [3.05, 3.63) is 29.8 Å². The van der Waals surface area contributed by atoms with Crippen molar-refractivity contribution >= 4 is 23.5 Å². The summed E-state index contributed by atoms with van der Waals surface area (Å²) >= 11 is 0. The Kier molecular flexibility index (Phi) is 8.64. The molecule has 29 heavy (non-hydrogen) atoms. The van der Waals surface area contributed by atoms with Crippen molar-refractivity contribution in [3.8, 4) is 0 Å². The minimum Gasteiger partial charge on any atom is -0.465 e. The van der Waals surface area contributed by atoms with Gasteiger partial charge in [0.05, 0.1) is 13.2 Å². The Morgan fingerprint density at radius 2 is 1.83 bits per heavy atom. The molecule has 0 spiro atoms. The van der Waals surface area contributed by atoms with Crippen molar-refractivity contribution in [1.29, 1.82) is 0 Å². The highest BCUT2D eigenvalue weighted by atomic mass is 16.5. The van der Waals surface area contributed by atoms with E-state index in [1.54, 1.807) is 31.2 Å². The Morgan fingerprint density at radius 1 is 1.14 bits per heavy atom. The molecule has 0 heterocycles. The van der Waals surface area contributed by atoms with Gasteiger partial charge in [0.1, 0.15) is 11.5 Å². The molecule has 7 heteroatoms. The maximum Gasteiger partial charge on any atom is 0.321 e. The summed E-state index contributed by atoms with van der Waals surface area (Å²) in [5, 5.41) is 14.8. The fourth-order valence-corrected chi connectivity index (χ4v) is 3.41. The second-order valence-corrected chi connectivity index (χ2v) is 7.52. The molecule has 1 atom stereocenters. The van der Waals surface area contributed by atoms with Crippen LogP contribution in [0.4, 0.5) is 5.69 Å². The van der Waals surface area contributed by atoms with E-state index in [2.05, 4.69) is 17.6 Å². The van der Waals surface area contributed by atoms with Crippen LogP contribution in [-0.2, 0) is 25.7 Å². The van der Waals surface area contributed by atoms with Gasteiger partial charge in [-0.2, -0.15) is 0 Å². The first-order valence-corrected chi connectivity index (χ1v) is 10.5. The molecule has 0 radical (unpaired) electrons. The SMILES string of the molecule is CCCCCC(NC(=O)C1(C(=O)OCC)CCC1)C(=O)Nc1ccc(CO)cc1. The number of hydrogen-bond donors (Lipinski definition) is 3. The molecule has 2 amide bonds. The number of esters is 1. The number of anilines is 1. The first-order chi connectivity index (χ1) is 14.0. The summed E-state index contributed by atoms with van der Waals surface area (Å²) in [5.41, 5.74) is 0.171. The molecule has 1 saturated carbocycles. The van der Waals surface area contributed by atoms with E-state index in [9.17, 15) is 14.4 Å². The fourth-order valence-electron chi connectivity index (χ4n) is 3.41. The van der Waals surface area contributed by atoms with Gasteiger partial charge in [-0.1, -0.05) is 44.7 Å². The van der Waals surface area contributed by atoms with Gasteiger partial charge >= 0.3 is 5.97 Å². The topological polar surface area (TPSA) is 105 Å². The van der Waals surface area contributed by atoms with Crippen molar-refractivity contribution in [2.45, 2.75) is 71.4 Å². The molecule has 7 nitrogen and oxygen atoms in total. The maximum atomic E-state index is 12.9. The Balaban J connectivity index is 2.08. The number of nitrogens with one attached hydrogen (secondary N) is 2. The number of unbranched alkanes of at least 4 members (excludes halogenated alkanes) is 2. The molecule has 1 unspecified atom stereocenters. The molecule has 0 aliphatic heterocycles. The lowest BCUT2D eigenvalue weighted by molar-refractivity contribution is -0.167. The minimum absolute atomic E-state index is 0.0696. The second kappa shape index (κ2) is 11.0. The summed E-state index contributed by atoms with van der Waals surface area (Å²) < 4.78 is 5.11. The predicted octanol–water partition coefficient (Wildman–Crippen LogP) is 2.92. The zero-order valence-corrected chi connectivity index (χ0v) is 17.3. The average molecular weight is 405 g/mol. The molecular weight excluding hydrogens is 372 g/mol. The largest absolute Gasteiger partial charge is 0.465 e. The third kappa shape index (κ3) is 5.79. The van der Waals surface area contributed by atoms with Crippen molar-refractivity contribution in [3.63, 3.8) is 0 Å². The molecule has 1 aliphatic rings. The van der Waals surface area contributed by atoms with Crippen LogP contribution in [0.15, 0.2) is 24.3 Å². The lowest BCUT2D eigenvalue weighted by Crippen LogP contribution is -2.56. The van der Waals surface area contributed by atoms with Crippen LogP contribution in [0.25, 0.3) is 0 Å². The number of rotatable bonds is 11. The van der Waals surface area contributed by atoms with Crippen LogP contribution in [0.2, 0.25) is 0 Å². The smallest absolute Gasteiger partial charge is 0.321 e. The monoisotopic (exact) mass is 404 g/mol. The van der Waals surface area contributed by atoms with E-state index in [0.29, 0.717) is 24.9 Å². The van der Waals surface area contributed by atoms with E-state index in [0.717, 1.165) is 31.2 Å². The van der Waals surface area contributed by atoms with Gasteiger partial charge in [0, 0.05) is 5.69 Å². The Morgan fingerprint density at radius 3 is 2.34 bits per heavy atom. The lowest BCUT2D eigenvalue weighted by Gasteiger charge is -2.38. The number of benzene rings is 1. The van der Waals surface area contributed by atoms with Crippen LogP contribution in [0.1, 0.15) is 64.4 Å². The molecule has 0 saturated heterocycles. The second-order valence-electron chi connectivity index (χ2n) is 7.52. The van der Waals surface area contributed by atoms with Gasteiger partial charge in [-0.25, -0.2) is 0 Å². The highest BCUT2D eigenvalue weighted by molar-refractivity contribution is 6.06. The molecule has 2 rings (SSSR count). The molecule has 1 aromatic carbocycles. The Bertz CT molecular complexity index is 698. The predicted molar refractivity (Wildman–Crippen MR) is 110 cm³/mol. The van der Waals surface area contributed by atoms with Gasteiger partial charge in [0.25, 0.3) is 0 Å². The van der Waals surface area contributed by atoms with Gasteiger partial charge in [0.2, 0.25) is 11.8 Å². The zero-order valence-electron chi connectivity index (χ0n) is 17.3. The van der Waals surface area contributed by atoms with Crippen LogP contribution in [-0.4, -0.2) is 35.5 Å². The van der Waals surface area contributed by atoms with Gasteiger partial charge in [-0.05, 0) is 43.9 Å². The van der Waals surface area contributed by atoms with Crippen LogP contribution in [0.5, 0.6) is 0 Å². The van der Waals surface area contributed by atoms with Gasteiger partial charge in [-0.15, -0.1) is 0 Å². The minimum atomic E-state index is -1.16. The summed E-state index contributed by atoms with van der Waals surface area (Å²) in [6.07, 6.45) is 4.93. The molecule has 0 aromatic heterocycles. The van der Waals surface area contributed by atoms with Gasteiger partial charge in [-0.3, -0.25) is 14.4 Å². The van der Waals surface area contributed by atoms with Gasteiger partial charge < -0.3 is 20.5 Å². The highest BCUT2D eigenvalue weighted by Gasteiger charge is 2.52. The fraction of sp³-hybridized carbons (Fsp3) is 0.591. The van der Waals surface area contributed by atoms with E-state index < -0.39 is 23.3 Å². The summed E-state index contributed by atoms with van der Waals surface area (Å²) in [6, 6.07) is 6.15. The molecule has 1 fully saturated rings.